The minimum atomic E-state index is -0.677. The summed E-state index contributed by atoms with van der Waals surface area (Å²) in [4.78, 5) is 52.1. The van der Waals surface area contributed by atoms with E-state index >= 15 is 0 Å². The minimum Gasteiger partial charge on any atom is -0.330 e. The number of amides is 4. The Balaban J connectivity index is 1.38. The number of urea groups is 1. The molecule has 2 saturated heterocycles. The maximum atomic E-state index is 12.9. The van der Waals surface area contributed by atoms with Gasteiger partial charge < -0.3 is 9.80 Å². The average Bonchev–Trinajstić information content (AvgIpc) is 2.93. The average molecular weight is 387 g/mol. The van der Waals surface area contributed by atoms with Crippen molar-refractivity contribution in [2.24, 2.45) is 5.92 Å². The molecular weight excluding hydrogens is 360 g/mol. The molecule has 0 radical (unpaired) electrons. The smallest absolute Gasteiger partial charge is 0.330 e. The Morgan fingerprint density at radius 3 is 2.39 bits per heavy atom. The third-order valence-electron chi connectivity index (χ3n) is 6.17. The number of anilines is 1. The van der Waals surface area contributed by atoms with Gasteiger partial charge in [-0.25, -0.2) is 19.7 Å². The molecule has 0 bridgehead atoms. The van der Waals surface area contributed by atoms with Crippen molar-refractivity contribution in [1.29, 1.82) is 0 Å². The molecule has 3 heterocycles. The van der Waals surface area contributed by atoms with E-state index in [1.807, 2.05) is 0 Å². The standard InChI is InChI=1S/C19H26N6O3/c1-14-5-2-3-6-15(14)25-17(27)16(26)24(19(25)28)13-22-9-11-23(12-10-22)18-20-7-4-8-21-18/h4,7-8,14-15H,2-3,5-6,9-13H2,1H3/p+1/t14-,15-/m1/s1. The number of aromatic nitrogens is 2. The SMILES string of the molecule is C[C@@H]1CCCC[C@H]1N1C(=O)C(=O)N(C[NH+]2CCN(c3ncccn3)CC2)C1=O. The highest BCUT2D eigenvalue weighted by Gasteiger charge is 2.50. The summed E-state index contributed by atoms with van der Waals surface area (Å²) >= 11 is 0. The zero-order chi connectivity index (χ0) is 19.7. The lowest BCUT2D eigenvalue weighted by atomic mass is 9.85. The maximum absolute atomic E-state index is 12.9. The van der Waals surface area contributed by atoms with E-state index in [-0.39, 0.29) is 18.6 Å². The van der Waals surface area contributed by atoms with Gasteiger partial charge in [0.25, 0.3) is 0 Å². The van der Waals surface area contributed by atoms with Crippen LogP contribution in [0.25, 0.3) is 0 Å². The van der Waals surface area contributed by atoms with E-state index in [9.17, 15) is 14.4 Å². The molecule has 0 spiro atoms. The van der Waals surface area contributed by atoms with Gasteiger partial charge in [0.15, 0.2) is 6.67 Å². The third-order valence-corrected chi connectivity index (χ3v) is 6.17. The Morgan fingerprint density at radius 2 is 1.71 bits per heavy atom. The predicted octanol–water partition coefficient (Wildman–Crippen LogP) is -0.491. The zero-order valence-electron chi connectivity index (χ0n) is 16.2. The van der Waals surface area contributed by atoms with Crippen molar-refractivity contribution < 1.29 is 19.3 Å². The molecule has 1 saturated carbocycles. The van der Waals surface area contributed by atoms with Gasteiger partial charge in [0, 0.05) is 18.4 Å². The van der Waals surface area contributed by atoms with Gasteiger partial charge in [-0.15, -0.1) is 0 Å². The first-order valence-electron chi connectivity index (χ1n) is 10.1. The van der Waals surface area contributed by atoms with Crippen LogP contribution in [0, 0.1) is 5.92 Å². The highest BCUT2D eigenvalue weighted by atomic mass is 16.2. The molecule has 1 N–H and O–H groups in total. The van der Waals surface area contributed by atoms with E-state index in [2.05, 4.69) is 21.8 Å². The summed E-state index contributed by atoms with van der Waals surface area (Å²) in [6, 6.07) is 1.20. The normalized spacial score (nSPS) is 27.0. The van der Waals surface area contributed by atoms with Gasteiger partial charge in [-0.2, -0.15) is 0 Å². The first kappa shape index (κ1) is 18.8. The molecule has 4 amide bonds. The summed E-state index contributed by atoms with van der Waals surface area (Å²) < 4.78 is 0. The van der Waals surface area contributed by atoms with Gasteiger partial charge in [0.1, 0.15) is 0 Å². The number of nitrogens with one attached hydrogen (secondary N) is 1. The van der Waals surface area contributed by atoms with E-state index in [0.29, 0.717) is 5.95 Å². The molecule has 3 fully saturated rings. The molecule has 1 aromatic heterocycles. The molecule has 0 unspecified atom stereocenters. The summed E-state index contributed by atoms with van der Waals surface area (Å²) in [5.74, 6) is -0.387. The largest absolute Gasteiger partial charge is 0.338 e. The Kier molecular flexibility index (Phi) is 5.25. The van der Waals surface area contributed by atoms with Gasteiger partial charge in [-0.1, -0.05) is 19.8 Å². The first-order valence-corrected chi connectivity index (χ1v) is 10.1. The number of carbonyl (C=O) groups is 3. The first-order chi connectivity index (χ1) is 13.6. The van der Waals surface area contributed by atoms with Crippen molar-refractivity contribution in [2.45, 2.75) is 38.6 Å². The fourth-order valence-corrected chi connectivity index (χ4v) is 4.49. The molecule has 9 heteroatoms. The van der Waals surface area contributed by atoms with Crippen LogP contribution in [0.1, 0.15) is 32.6 Å². The topological polar surface area (TPSA) is 91.2 Å². The van der Waals surface area contributed by atoms with Gasteiger partial charge in [0.05, 0.1) is 26.2 Å². The molecule has 2 atom stereocenters. The van der Waals surface area contributed by atoms with Gasteiger partial charge >= 0.3 is 17.8 Å². The highest BCUT2D eigenvalue weighted by molar-refractivity contribution is 6.44. The minimum absolute atomic E-state index is 0.148. The van der Waals surface area contributed by atoms with Gasteiger partial charge in [0.2, 0.25) is 5.95 Å². The van der Waals surface area contributed by atoms with Crippen LogP contribution in [-0.2, 0) is 9.59 Å². The molecule has 1 aliphatic carbocycles. The van der Waals surface area contributed by atoms with Crippen LogP contribution in [0.15, 0.2) is 18.5 Å². The summed E-state index contributed by atoms with van der Waals surface area (Å²) in [5, 5.41) is 0. The second-order valence-corrected chi connectivity index (χ2v) is 7.96. The highest BCUT2D eigenvalue weighted by Crippen LogP contribution is 2.30. The summed E-state index contributed by atoms with van der Waals surface area (Å²) in [7, 11) is 0. The molecule has 150 valence electrons. The molecular formula is C19H27N6O3+. The van der Waals surface area contributed by atoms with Crippen LogP contribution in [0.3, 0.4) is 0 Å². The monoisotopic (exact) mass is 387 g/mol. The molecule has 2 aliphatic heterocycles. The maximum Gasteiger partial charge on any atom is 0.338 e. The van der Waals surface area contributed by atoms with Crippen LogP contribution in [0.4, 0.5) is 10.7 Å². The number of imide groups is 2. The number of rotatable bonds is 4. The lowest BCUT2D eigenvalue weighted by molar-refractivity contribution is -0.907. The summed E-state index contributed by atoms with van der Waals surface area (Å²) in [6.45, 7) is 5.30. The van der Waals surface area contributed by atoms with Crippen LogP contribution < -0.4 is 9.80 Å². The van der Waals surface area contributed by atoms with E-state index in [4.69, 9.17) is 0 Å². The molecule has 0 aromatic carbocycles. The van der Waals surface area contributed by atoms with Crippen LogP contribution in [-0.4, -0.2) is 76.5 Å². The number of nitrogens with zero attached hydrogens (tertiary/aromatic N) is 5. The van der Waals surface area contributed by atoms with Gasteiger partial charge in [-0.05, 0) is 24.8 Å². The Bertz CT molecular complexity index is 749. The van der Waals surface area contributed by atoms with Crippen molar-refractivity contribution >= 4 is 23.8 Å². The second-order valence-electron chi connectivity index (χ2n) is 7.96. The molecule has 9 nitrogen and oxygen atoms in total. The van der Waals surface area contributed by atoms with E-state index in [1.165, 1.54) is 4.90 Å². The van der Waals surface area contributed by atoms with Crippen molar-refractivity contribution in [2.75, 3.05) is 37.7 Å². The number of hydrogen-bond acceptors (Lipinski definition) is 6. The van der Waals surface area contributed by atoms with Crippen molar-refractivity contribution in [1.82, 2.24) is 19.8 Å². The summed E-state index contributed by atoms with van der Waals surface area (Å²) in [5.41, 5.74) is 0. The number of quaternary nitrogens is 1. The molecule has 3 aliphatic rings. The third kappa shape index (κ3) is 3.46. The fraction of sp³-hybridized carbons (Fsp3) is 0.632. The van der Waals surface area contributed by atoms with Crippen LogP contribution >= 0.6 is 0 Å². The van der Waals surface area contributed by atoms with Crippen molar-refractivity contribution in [3.05, 3.63) is 18.5 Å². The van der Waals surface area contributed by atoms with Crippen LogP contribution in [0.2, 0.25) is 0 Å². The Hall–Kier alpha value is -2.55. The van der Waals surface area contributed by atoms with Crippen LogP contribution in [0.5, 0.6) is 0 Å². The van der Waals surface area contributed by atoms with Gasteiger partial charge in [-0.3, -0.25) is 14.5 Å². The Morgan fingerprint density at radius 1 is 1.04 bits per heavy atom. The quantitative estimate of drug-likeness (QED) is 0.554. The molecule has 28 heavy (non-hydrogen) atoms. The fourth-order valence-electron chi connectivity index (χ4n) is 4.49. The zero-order valence-corrected chi connectivity index (χ0v) is 16.2. The van der Waals surface area contributed by atoms with Crippen molar-refractivity contribution in [3.63, 3.8) is 0 Å². The lowest BCUT2D eigenvalue weighted by Gasteiger charge is -2.35. The predicted molar refractivity (Wildman–Crippen MR) is 100 cm³/mol. The van der Waals surface area contributed by atoms with E-state index in [1.54, 1.807) is 18.5 Å². The lowest BCUT2D eigenvalue weighted by Crippen LogP contribution is -3.16. The van der Waals surface area contributed by atoms with E-state index in [0.717, 1.165) is 61.7 Å². The summed E-state index contributed by atoms with van der Waals surface area (Å²) in [6.07, 6.45) is 7.33. The number of hydrogen-bond donors (Lipinski definition) is 1. The van der Waals surface area contributed by atoms with E-state index < -0.39 is 17.8 Å². The van der Waals surface area contributed by atoms with Crippen molar-refractivity contribution in [3.8, 4) is 0 Å². The Labute approximate surface area is 164 Å². The molecule has 1 aromatic rings. The number of carbonyl (C=O) groups excluding carboxylic acids is 3. The molecule has 4 rings (SSSR count). The number of piperazine rings is 1. The second kappa shape index (κ2) is 7.83.